The fraction of sp³-hybridized carbons (Fsp3) is 0.292. The number of aromatic amines is 1. The van der Waals surface area contributed by atoms with E-state index in [4.69, 9.17) is 0 Å². The molecule has 2 aromatic carbocycles. The first-order valence-corrected chi connectivity index (χ1v) is 10.4. The standard InChI is InChI=1S/C24H24N4O2/c1-3-18-15(2)20(27-26-18)22(29)28-14-13-24(21(28)16-9-5-4-6-10-16)17-11-7-8-12-19(17)25-23(24)30/h4-12,21H,3,13-14H2,1-2H3,(H,25,30)(H,26,27). The minimum Gasteiger partial charge on any atom is -0.329 e. The summed E-state index contributed by atoms with van der Waals surface area (Å²) in [5.41, 5.74) is 4.24. The molecule has 30 heavy (non-hydrogen) atoms. The molecule has 0 saturated carbocycles. The summed E-state index contributed by atoms with van der Waals surface area (Å²) >= 11 is 0. The molecule has 152 valence electrons. The smallest absolute Gasteiger partial charge is 0.275 e. The Bertz CT molecular complexity index is 1140. The number of fused-ring (bicyclic) bond motifs is 2. The zero-order valence-corrected chi connectivity index (χ0v) is 17.1. The van der Waals surface area contributed by atoms with Crippen molar-refractivity contribution in [1.29, 1.82) is 0 Å². The molecule has 1 spiro atoms. The van der Waals surface area contributed by atoms with Gasteiger partial charge in [-0.15, -0.1) is 0 Å². The fourth-order valence-corrected chi connectivity index (χ4v) is 5.13. The Kier molecular flexibility index (Phi) is 4.24. The summed E-state index contributed by atoms with van der Waals surface area (Å²) in [5, 5.41) is 10.4. The number of nitrogens with zero attached hydrogens (tertiary/aromatic N) is 2. The number of hydrogen-bond acceptors (Lipinski definition) is 3. The van der Waals surface area contributed by atoms with Crippen molar-refractivity contribution >= 4 is 17.5 Å². The van der Waals surface area contributed by atoms with Gasteiger partial charge in [0.05, 0.1) is 6.04 Å². The molecular weight excluding hydrogens is 376 g/mol. The van der Waals surface area contributed by atoms with Crippen LogP contribution in [0.1, 0.15) is 52.3 Å². The summed E-state index contributed by atoms with van der Waals surface area (Å²) in [7, 11) is 0. The average molecular weight is 400 g/mol. The second-order valence-corrected chi connectivity index (χ2v) is 8.06. The lowest BCUT2D eigenvalue weighted by molar-refractivity contribution is -0.121. The van der Waals surface area contributed by atoms with Gasteiger partial charge in [-0.3, -0.25) is 14.7 Å². The predicted octanol–water partition coefficient (Wildman–Crippen LogP) is 3.76. The van der Waals surface area contributed by atoms with E-state index in [0.717, 1.165) is 34.5 Å². The Balaban J connectivity index is 1.66. The highest BCUT2D eigenvalue weighted by atomic mass is 16.2. The third-order valence-corrected chi connectivity index (χ3v) is 6.63. The molecule has 1 aromatic heterocycles. The minimum absolute atomic E-state index is 0.0409. The van der Waals surface area contributed by atoms with Gasteiger partial charge in [0.1, 0.15) is 5.41 Å². The number of anilines is 1. The van der Waals surface area contributed by atoms with Crippen molar-refractivity contribution in [2.24, 2.45) is 0 Å². The number of carbonyl (C=O) groups excluding carboxylic acids is 2. The Morgan fingerprint density at radius 2 is 1.90 bits per heavy atom. The third kappa shape index (κ3) is 2.46. The first-order valence-electron chi connectivity index (χ1n) is 10.4. The van der Waals surface area contributed by atoms with Crippen LogP contribution >= 0.6 is 0 Å². The predicted molar refractivity (Wildman–Crippen MR) is 114 cm³/mol. The van der Waals surface area contributed by atoms with Gasteiger partial charge in [0.2, 0.25) is 5.91 Å². The van der Waals surface area contributed by atoms with Gasteiger partial charge in [-0.05, 0) is 37.0 Å². The van der Waals surface area contributed by atoms with Crippen molar-refractivity contribution in [3.63, 3.8) is 0 Å². The number of aryl methyl sites for hydroxylation is 1. The normalized spacial score (nSPS) is 22.4. The van der Waals surface area contributed by atoms with E-state index in [0.29, 0.717) is 18.7 Å². The van der Waals surface area contributed by atoms with Crippen molar-refractivity contribution in [2.75, 3.05) is 11.9 Å². The molecule has 2 amide bonds. The molecule has 1 saturated heterocycles. The van der Waals surface area contributed by atoms with Gasteiger partial charge in [0, 0.05) is 23.5 Å². The summed E-state index contributed by atoms with van der Waals surface area (Å²) in [6.45, 7) is 4.45. The maximum atomic E-state index is 13.7. The number of rotatable bonds is 3. The van der Waals surface area contributed by atoms with E-state index in [2.05, 4.69) is 15.5 Å². The molecule has 6 nitrogen and oxygen atoms in total. The van der Waals surface area contributed by atoms with E-state index in [9.17, 15) is 9.59 Å². The molecule has 2 aliphatic heterocycles. The molecule has 0 radical (unpaired) electrons. The lowest BCUT2D eigenvalue weighted by atomic mass is 9.72. The molecule has 2 aliphatic rings. The van der Waals surface area contributed by atoms with Gasteiger partial charge >= 0.3 is 0 Å². The zero-order chi connectivity index (χ0) is 20.9. The molecule has 3 aromatic rings. The Hall–Kier alpha value is -3.41. The van der Waals surface area contributed by atoms with Gasteiger partial charge < -0.3 is 10.2 Å². The van der Waals surface area contributed by atoms with Crippen LogP contribution in [-0.4, -0.2) is 33.5 Å². The molecule has 6 heteroatoms. The topological polar surface area (TPSA) is 78.1 Å². The molecule has 2 N–H and O–H groups in total. The van der Waals surface area contributed by atoms with Crippen LogP contribution in [0.5, 0.6) is 0 Å². The van der Waals surface area contributed by atoms with Crippen LogP contribution < -0.4 is 5.32 Å². The summed E-state index contributed by atoms with van der Waals surface area (Å²) in [4.78, 5) is 28.9. The Labute approximate surface area is 175 Å². The zero-order valence-electron chi connectivity index (χ0n) is 17.1. The van der Waals surface area contributed by atoms with Crippen LogP contribution in [0.3, 0.4) is 0 Å². The first kappa shape index (κ1) is 18.6. The molecule has 0 aliphatic carbocycles. The molecule has 5 rings (SSSR count). The van der Waals surface area contributed by atoms with E-state index in [1.165, 1.54) is 0 Å². The van der Waals surface area contributed by atoms with Gasteiger partial charge in [0.15, 0.2) is 5.69 Å². The quantitative estimate of drug-likeness (QED) is 0.703. The monoisotopic (exact) mass is 400 g/mol. The van der Waals surface area contributed by atoms with Crippen molar-refractivity contribution in [3.05, 3.63) is 82.7 Å². The van der Waals surface area contributed by atoms with Crippen molar-refractivity contribution in [1.82, 2.24) is 15.1 Å². The number of likely N-dealkylation sites (tertiary alicyclic amines) is 1. The highest BCUT2D eigenvalue weighted by Crippen LogP contribution is 2.54. The maximum absolute atomic E-state index is 13.7. The van der Waals surface area contributed by atoms with E-state index in [1.807, 2.05) is 73.3 Å². The maximum Gasteiger partial charge on any atom is 0.275 e. The number of H-pyrrole nitrogens is 1. The second kappa shape index (κ2) is 6.83. The van der Waals surface area contributed by atoms with Gasteiger partial charge in [-0.2, -0.15) is 5.10 Å². The van der Waals surface area contributed by atoms with E-state index >= 15 is 0 Å². The van der Waals surface area contributed by atoms with E-state index in [-0.39, 0.29) is 11.8 Å². The van der Waals surface area contributed by atoms with Crippen LogP contribution in [0.25, 0.3) is 0 Å². The van der Waals surface area contributed by atoms with Crippen LogP contribution in [0.2, 0.25) is 0 Å². The number of aromatic nitrogens is 2. The highest BCUT2D eigenvalue weighted by Gasteiger charge is 2.59. The third-order valence-electron chi connectivity index (χ3n) is 6.63. The van der Waals surface area contributed by atoms with Crippen molar-refractivity contribution in [2.45, 2.75) is 38.1 Å². The fourth-order valence-electron chi connectivity index (χ4n) is 5.13. The van der Waals surface area contributed by atoms with Crippen LogP contribution in [0, 0.1) is 6.92 Å². The number of amides is 2. The van der Waals surface area contributed by atoms with E-state index in [1.54, 1.807) is 0 Å². The summed E-state index contributed by atoms with van der Waals surface area (Å²) in [5.74, 6) is -0.174. The molecular formula is C24H24N4O2. The van der Waals surface area contributed by atoms with Gasteiger partial charge in [0.25, 0.3) is 5.91 Å². The Morgan fingerprint density at radius 1 is 1.17 bits per heavy atom. The van der Waals surface area contributed by atoms with Crippen molar-refractivity contribution in [3.8, 4) is 0 Å². The number of nitrogens with one attached hydrogen (secondary N) is 2. The minimum atomic E-state index is -0.800. The SMILES string of the molecule is CCc1[nH]nc(C(=O)N2CCC3(C(=O)Nc4ccccc43)C2c2ccccc2)c1C. The molecule has 0 bridgehead atoms. The lowest BCUT2D eigenvalue weighted by Crippen LogP contribution is -2.42. The van der Waals surface area contributed by atoms with Gasteiger partial charge in [-0.1, -0.05) is 55.5 Å². The van der Waals surface area contributed by atoms with E-state index < -0.39 is 11.5 Å². The first-order chi connectivity index (χ1) is 14.6. The summed E-state index contributed by atoms with van der Waals surface area (Å²) in [6, 6.07) is 17.3. The number of hydrogen-bond donors (Lipinski definition) is 2. The Morgan fingerprint density at radius 3 is 2.63 bits per heavy atom. The molecule has 2 atom stereocenters. The van der Waals surface area contributed by atoms with Crippen molar-refractivity contribution < 1.29 is 9.59 Å². The number of benzene rings is 2. The van der Waals surface area contributed by atoms with Gasteiger partial charge in [-0.25, -0.2) is 0 Å². The number of para-hydroxylation sites is 1. The number of carbonyl (C=O) groups is 2. The molecule has 2 unspecified atom stereocenters. The van der Waals surface area contributed by atoms with Crippen LogP contribution in [-0.2, 0) is 16.6 Å². The van der Waals surface area contributed by atoms with Crippen LogP contribution in [0.15, 0.2) is 54.6 Å². The van der Waals surface area contributed by atoms with Crippen LogP contribution in [0.4, 0.5) is 5.69 Å². The lowest BCUT2D eigenvalue weighted by Gasteiger charge is -2.34. The average Bonchev–Trinajstić information content (AvgIpc) is 3.43. The second-order valence-electron chi connectivity index (χ2n) is 8.06. The molecule has 1 fully saturated rings. The molecule has 3 heterocycles. The highest BCUT2D eigenvalue weighted by molar-refractivity contribution is 6.08. The summed E-state index contributed by atoms with van der Waals surface area (Å²) < 4.78 is 0. The summed E-state index contributed by atoms with van der Waals surface area (Å²) in [6.07, 6.45) is 1.36. The largest absolute Gasteiger partial charge is 0.329 e.